The molecule has 2 aromatic heterocycles. The first kappa shape index (κ1) is 20.6. The van der Waals surface area contributed by atoms with E-state index in [1.807, 2.05) is 17.5 Å². The second-order valence-electron chi connectivity index (χ2n) is 7.18. The molecule has 3 aromatic rings. The lowest BCUT2D eigenvalue weighted by atomic mass is 10.1. The smallest absolute Gasteiger partial charge is 0.240 e. The molecule has 1 aromatic carbocycles. The number of hydrogen-bond acceptors (Lipinski definition) is 6. The van der Waals surface area contributed by atoms with E-state index in [0.29, 0.717) is 19.4 Å². The van der Waals surface area contributed by atoms with Crippen molar-refractivity contribution in [1.29, 1.82) is 0 Å². The van der Waals surface area contributed by atoms with E-state index in [2.05, 4.69) is 20.0 Å². The van der Waals surface area contributed by atoms with Crippen LogP contribution < -0.4 is 10.0 Å². The van der Waals surface area contributed by atoms with Crippen LogP contribution in [0.15, 0.2) is 59.1 Å². The van der Waals surface area contributed by atoms with Gasteiger partial charge in [-0.15, -0.1) is 11.3 Å². The molecule has 0 atom stereocenters. The van der Waals surface area contributed by atoms with Crippen molar-refractivity contribution in [2.75, 3.05) is 0 Å². The number of hydrogen-bond donors (Lipinski definition) is 2. The molecule has 0 spiro atoms. The average molecular weight is 443 g/mol. The van der Waals surface area contributed by atoms with Gasteiger partial charge in [0, 0.05) is 35.8 Å². The van der Waals surface area contributed by atoms with E-state index < -0.39 is 10.0 Å². The predicted molar refractivity (Wildman–Crippen MR) is 115 cm³/mol. The Labute approximate surface area is 179 Å². The first-order chi connectivity index (χ1) is 14.5. The summed E-state index contributed by atoms with van der Waals surface area (Å²) in [6.45, 7) is 0.388. The number of nitrogens with zero attached hydrogens (tertiary/aromatic N) is 2. The molecule has 1 fully saturated rings. The summed E-state index contributed by atoms with van der Waals surface area (Å²) in [5.41, 5.74) is 2.79. The van der Waals surface area contributed by atoms with Crippen LogP contribution in [-0.4, -0.2) is 30.3 Å². The number of benzene rings is 1. The Morgan fingerprint density at radius 1 is 1.10 bits per heavy atom. The highest BCUT2D eigenvalue weighted by Crippen LogP contribution is 2.23. The normalized spacial score (nSPS) is 13.9. The number of aryl methyl sites for hydroxylation is 1. The van der Waals surface area contributed by atoms with Gasteiger partial charge in [0.05, 0.1) is 17.1 Å². The summed E-state index contributed by atoms with van der Waals surface area (Å²) in [7, 11) is -3.44. The molecule has 1 aliphatic carbocycles. The van der Waals surface area contributed by atoms with E-state index in [4.69, 9.17) is 0 Å². The van der Waals surface area contributed by atoms with Crippen molar-refractivity contribution in [2.24, 2.45) is 0 Å². The van der Waals surface area contributed by atoms with E-state index in [0.717, 1.165) is 34.7 Å². The zero-order chi connectivity index (χ0) is 21.0. The molecular formula is C21H22N4O3S2. The number of pyridine rings is 1. The molecule has 0 saturated heterocycles. The average Bonchev–Trinajstić information content (AvgIpc) is 3.43. The quantitative estimate of drug-likeness (QED) is 0.531. The van der Waals surface area contributed by atoms with Crippen LogP contribution in [0.5, 0.6) is 0 Å². The molecule has 0 aliphatic heterocycles. The summed E-state index contributed by atoms with van der Waals surface area (Å²) in [4.78, 5) is 21.0. The minimum Gasteiger partial charge on any atom is -0.350 e. The number of rotatable bonds is 9. The molecule has 1 aliphatic rings. The predicted octanol–water partition coefficient (Wildman–Crippen LogP) is 2.89. The molecule has 156 valence electrons. The fourth-order valence-corrected chi connectivity index (χ4v) is 4.94. The van der Waals surface area contributed by atoms with Crippen LogP contribution in [0.25, 0.3) is 11.3 Å². The number of thiazole rings is 1. The fourth-order valence-electron chi connectivity index (χ4n) is 2.89. The van der Waals surface area contributed by atoms with E-state index in [-0.39, 0.29) is 16.8 Å². The Balaban J connectivity index is 1.24. The molecule has 4 rings (SSSR count). The molecule has 0 bridgehead atoms. The van der Waals surface area contributed by atoms with Crippen LogP contribution >= 0.6 is 11.3 Å². The highest BCUT2D eigenvalue weighted by Gasteiger charge is 2.27. The van der Waals surface area contributed by atoms with E-state index >= 15 is 0 Å². The Hall–Kier alpha value is -2.62. The first-order valence-corrected chi connectivity index (χ1v) is 12.1. The van der Waals surface area contributed by atoms with Crippen LogP contribution in [0.3, 0.4) is 0 Å². The lowest BCUT2D eigenvalue weighted by Gasteiger charge is -2.07. The lowest BCUT2D eigenvalue weighted by Crippen LogP contribution is -2.25. The van der Waals surface area contributed by atoms with E-state index in [1.54, 1.807) is 36.7 Å². The summed E-state index contributed by atoms with van der Waals surface area (Å²) in [5.74, 6) is -0.0669. The van der Waals surface area contributed by atoms with Gasteiger partial charge in [0.25, 0.3) is 0 Å². The van der Waals surface area contributed by atoms with Gasteiger partial charge in [0.2, 0.25) is 15.9 Å². The molecule has 7 nitrogen and oxygen atoms in total. The summed E-state index contributed by atoms with van der Waals surface area (Å²) in [5, 5.41) is 5.69. The Morgan fingerprint density at radius 2 is 1.83 bits per heavy atom. The summed E-state index contributed by atoms with van der Waals surface area (Å²) < 4.78 is 27.0. The number of carbonyl (C=O) groups is 1. The zero-order valence-electron chi connectivity index (χ0n) is 16.2. The number of carbonyl (C=O) groups excluding carboxylic acids is 1. The molecule has 0 unspecified atom stereocenters. The molecule has 30 heavy (non-hydrogen) atoms. The number of sulfonamides is 1. The molecule has 0 radical (unpaired) electrons. The Bertz CT molecular complexity index is 1110. The Morgan fingerprint density at radius 3 is 2.53 bits per heavy atom. The second-order valence-corrected chi connectivity index (χ2v) is 9.84. The fraction of sp³-hybridized carbons (Fsp3) is 0.286. The van der Waals surface area contributed by atoms with Crippen molar-refractivity contribution < 1.29 is 13.2 Å². The zero-order valence-corrected chi connectivity index (χ0v) is 17.9. The van der Waals surface area contributed by atoms with Crippen molar-refractivity contribution >= 4 is 27.3 Å². The largest absolute Gasteiger partial charge is 0.350 e. The highest BCUT2D eigenvalue weighted by atomic mass is 32.2. The summed E-state index contributed by atoms with van der Waals surface area (Å²) in [6.07, 6.45) is 6.12. The van der Waals surface area contributed by atoms with Crippen LogP contribution in [0.1, 0.15) is 29.8 Å². The third kappa shape index (κ3) is 5.50. The van der Waals surface area contributed by atoms with Gasteiger partial charge in [-0.05, 0) is 49.1 Å². The maximum Gasteiger partial charge on any atom is 0.240 e. The van der Waals surface area contributed by atoms with Gasteiger partial charge in [-0.3, -0.25) is 9.78 Å². The molecule has 9 heteroatoms. The van der Waals surface area contributed by atoms with Gasteiger partial charge < -0.3 is 5.32 Å². The lowest BCUT2D eigenvalue weighted by molar-refractivity contribution is -0.121. The maximum atomic E-state index is 12.2. The third-order valence-corrected chi connectivity index (χ3v) is 7.12. The van der Waals surface area contributed by atoms with Crippen molar-refractivity contribution in [1.82, 2.24) is 20.0 Å². The van der Waals surface area contributed by atoms with Crippen molar-refractivity contribution in [3.05, 3.63) is 64.7 Å². The van der Waals surface area contributed by atoms with Crippen LogP contribution in [0, 0.1) is 0 Å². The van der Waals surface area contributed by atoms with Gasteiger partial charge >= 0.3 is 0 Å². The highest BCUT2D eigenvalue weighted by molar-refractivity contribution is 7.89. The molecule has 1 amide bonds. The topological polar surface area (TPSA) is 101 Å². The second kappa shape index (κ2) is 9.03. The van der Waals surface area contributed by atoms with Crippen molar-refractivity contribution in [3.8, 4) is 11.3 Å². The SMILES string of the molecule is O=C(CCc1ccc(S(=O)(=O)NC2CC2)cc1)NCc1nc(-c2ccncc2)cs1. The number of nitrogens with one attached hydrogen (secondary N) is 2. The third-order valence-electron chi connectivity index (χ3n) is 4.74. The molecule has 2 heterocycles. The van der Waals surface area contributed by atoms with Gasteiger partial charge in [0.1, 0.15) is 5.01 Å². The molecule has 1 saturated carbocycles. The van der Waals surface area contributed by atoms with Crippen LogP contribution in [0.2, 0.25) is 0 Å². The van der Waals surface area contributed by atoms with Crippen molar-refractivity contribution in [2.45, 2.75) is 43.2 Å². The number of amides is 1. The summed E-state index contributed by atoms with van der Waals surface area (Å²) >= 11 is 1.50. The van der Waals surface area contributed by atoms with Gasteiger partial charge in [-0.25, -0.2) is 18.1 Å². The van der Waals surface area contributed by atoms with Gasteiger partial charge in [-0.2, -0.15) is 0 Å². The van der Waals surface area contributed by atoms with E-state index in [9.17, 15) is 13.2 Å². The first-order valence-electron chi connectivity index (χ1n) is 9.72. The van der Waals surface area contributed by atoms with Crippen LogP contribution in [0.4, 0.5) is 0 Å². The maximum absolute atomic E-state index is 12.2. The summed E-state index contributed by atoms with van der Waals surface area (Å²) in [6, 6.07) is 10.6. The van der Waals surface area contributed by atoms with Crippen molar-refractivity contribution in [3.63, 3.8) is 0 Å². The molecule has 2 N–H and O–H groups in total. The standard InChI is InChI=1S/C21H22N4O3S2/c26-20(23-13-21-24-19(14-29-21)16-9-11-22-12-10-16)8-3-15-1-6-18(7-2-15)30(27,28)25-17-4-5-17/h1-2,6-7,9-12,14,17,25H,3-5,8,13H2,(H,23,26). The number of aromatic nitrogens is 2. The van der Waals surface area contributed by atoms with Crippen LogP contribution in [-0.2, 0) is 27.8 Å². The minimum atomic E-state index is -3.44. The van der Waals surface area contributed by atoms with Gasteiger partial charge in [0.15, 0.2) is 0 Å². The van der Waals surface area contributed by atoms with Gasteiger partial charge in [-0.1, -0.05) is 12.1 Å². The minimum absolute atomic E-state index is 0.0669. The monoisotopic (exact) mass is 442 g/mol. The Kier molecular flexibility index (Phi) is 6.21. The van der Waals surface area contributed by atoms with E-state index in [1.165, 1.54) is 11.3 Å². The molecular weight excluding hydrogens is 420 g/mol.